The number of likely N-dealkylation sites (tertiary alicyclic amines) is 1. The SMILES string of the molecule is C[C@@H]1CCC[C@H](OCC(=O)N2CCC[C@H](CCC(=O)O)C2)C1. The van der Waals surface area contributed by atoms with Crippen LogP contribution in [0.3, 0.4) is 0 Å². The molecule has 5 nitrogen and oxygen atoms in total. The van der Waals surface area contributed by atoms with E-state index in [1.165, 1.54) is 12.8 Å². The largest absolute Gasteiger partial charge is 0.481 e. The van der Waals surface area contributed by atoms with Crippen LogP contribution >= 0.6 is 0 Å². The van der Waals surface area contributed by atoms with Gasteiger partial charge in [0.15, 0.2) is 0 Å². The highest BCUT2D eigenvalue weighted by atomic mass is 16.5. The van der Waals surface area contributed by atoms with Crippen molar-refractivity contribution in [3.63, 3.8) is 0 Å². The van der Waals surface area contributed by atoms with Gasteiger partial charge in [0, 0.05) is 19.5 Å². The molecule has 1 saturated carbocycles. The number of carbonyl (C=O) groups excluding carboxylic acids is 1. The molecule has 5 heteroatoms. The number of ether oxygens (including phenoxy) is 1. The summed E-state index contributed by atoms with van der Waals surface area (Å²) in [6.07, 6.45) is 7.69. The highest BCUT2D eigenvalue weighted by Crippen LogP contribution is 2.26. The molecule has 0 aromatic carbocycles. The van der Waals surface area contributed by atoms with Gasteiger partial charge in [-0.1, -0.05) is 19.8 Å². The summed E-state index contributed by atoms with van der Waals surface area (Å²) in [5, 5.41) is 8.77. The van der Waals surface area contributed by atoms with Gasteiger partial charge in [0.25, 0.3) is 0 Å². The van der Waals surface area contributed by atoms with Crippen LogP contribution in [0.2, 0.25) is 0 Å². The zero-order valence-corrected chi connectivity index (χ0v) is 13.6. The molecule has 1 aliphatic carbocycles. The highest BCUT2D eigenvalue weighted by Gasteiger charge is 2.25. The number of hydrogen-bond acceptors (Lipinski definition) is 3. The Kier molecular flexibility index (Phi) is 6.68. The summed E-state index contributed by atoms with van der Waals surface area (Å²) >= 11 is 0. The fourth-order valence-electron chi connectivity index (χ4n) is 3.67. The molecule has 22 heavy (non-hydrogen) atoms. The van der Waals surface area contributed by atoms with Crippen molar-refractivity contribution >= 4 is 11.9 Å². The van der Waals surface area contributed by atoms with Crippen LogP contribution in [0.15, 0.2) is 0 Å². The molecule has 1 saturated heterocycles. The maximum Gasteiger partial charge on any atom is 0.303 e. The molecular formula is C17H29NO4. The molecule has 0 bridgehead atoms. The van der Waals surface area contributed by atoms with Gasteiger partial charge in [0.1, 0.15) is 6.61 Å². The predicted molar refractivity (Wildman–Crippen MR) is 83.5 cm³/mol. The Labute approximate surface area is 133 Å². The third kappa shape index (κ3) is 5.59. The summed E-state index contributed by atoms with van der Waals surface area (Å²) in [5.41, 5.74) is 0. The van der Waals surface area contributed by atoms with Gasteiger partial charge < -0.3 is 14.7 Å². The summed E-state index contributed by atoms with van der Waals surface area (Å²) < 4.78 is 5.82. The van der Waals surface area contributed by atoms with Crippen LogP contribution in [-0.4, -0.2) is 47.7 Å². The first kappa shape index (κ1) is 17.3. The Morgan fingerprint density at radius 1 is 1.23 bits per heavy atom. The van der Waals surface area contributed by atoms with E-state index < -0.39 is 5.97 Å². The molecule has 2 fully saturated rings. The second-order valence-corrected chi connectivity index (χ2v) is 6.99. The van der Waals surface area contributed by atoms with Crippen LogP contribution in [0.25, 0.3) is 0 Å². The van der Waals surface area contributed by atoms with Crippen LogP contribution in [0.1, 0.15) is 58.3 Å². The van der Waals surface area contributed by atoms with Crippen molar-refractivity contribution in [2.45, 2.75) is 64.4 Å². The van der Waals surface area contributed by atoms with E-state index in [1.807, 2.05) is 4.90 Å². The Balaban J connectivity index is 1.70. The van der Waals surface area contributed by atoms with Gasteiger partial charge >= 0.3 is 5.97 Å². The topological polar surface area (TPSA) is 66.8 Å². The van der Waals surface area contributed by atoms with Crippen LogP contribution in [0.4, 0.5) is 0 Å². The number of rotatable bonds is 6. The number of hydrogen-bond donors (Lipinski definition) is 1. The Bertz CT molecular complexity index is 385. The lowest BCUT2D eigenvalue weighted by atomic mass is 9.89. The summed E-state index contributed by atoms with van der Waals surface area (Å²) in [7, 11) is 0. The van der Waals surface area contributed by atoms with Gasteiger partial charge in [-0.15, -0.1) is 0 Å². The molecule has 1 N–H and O–H groups in total. The van der Waals surface area contributed by atoms with Crippen molar-refractivity contribution in [1.29, 1.82) is 0 Å². The molecule has 126 valence electrons. The number of amides is 1. The van der Waals surface area contributed by atoms with Crippen LogP contribution in [0.5, 0.6) is 0 Å². The van der Waals surface area contributed by atoms with Crippen molar-refractivity contribution in [1.82, 2.24) is 4.90 Å². The monoisotopic (exact) mass is 311 g/mol. The van der Waals surface area contributed by atoms with E-state index in [2.05, 4.69) is 6.92 Å². The van der Waals surface area contributed by atoms with Gasteiger partial charge in [-0.2, -0.15) is 0 Å². The minimum atomic E-state index is -0.752. The second-order valence-electron chi connectivity index (χ2n) is 6.99. The minimum Gasteiger partial charge on any atom is -0.481 e. The van der Waals surface area contributed by atoms with E-state index in [-0.39, 0.29) is 25.0 Å². The number of carbonyl (C=O) groups is 2. The first-order chi connectivity index (χ1) is 10.5. The third-order valence-corrected chi connectivity index (χ3v) is 4.97. The van der Waals surface area contributed by atoms with E-state index >= 15 is 0 Å². The van der Waals surface area contributed by atoms with Gasteiger partial charge in [0.2, 0.25) is 5.91 Å². The predicted octanol–water partition coefficient (Wildman–Crippen LogP) is 2.69. The van der Waals surface area contributed by atoms with Crippen molar-refractivity contribution < 1.29 is 19.4 Å². The zero-order chi connectivity index (χ0) is 15.9. The molecule has 2 rings (SSSR count). The lowest BCUT2D eigenvalue weighted by Crippen LogP contribution is -2.42. The van der Waals surface area contributed by atoms with Gasteiger partial charge in [0.05, 0.1) is 6.10 Å². The van der Waals surface area contributed by atoms with Crippen molar-refractivity contribution in [2.24, 2.45) is 11.8 Å². The van der Waals surface area contributed by atoms with Gasteiger partial charge in [-0.25, -0.2) is 0 Å². The average molecular weight is 311 g/mol. The number of piperidine rings is 1. The van der Waals surface area contributed by atoms with E-state index in [4.69, 9.17) is 9.84 Å². The number of carboxylic acid groups (broad SMARTS) is 1. The molecule has 3 atom stereocenters. The van der Waals surface area contributed by atoms with Crippen molar-refractivity contribution in [3.8, 4) is 0 Å². The van der Waals surface area contributed by atoms with Crippen LogP contribution in [-0.2, 0) is 14.3 Å². The van der Waals surface area contributed by atoms with E-state index in [0.29, 0.717) is 24.8 Å². The first-order valence-electron chi connectivity index (χ1n) is 8.65. The summed E-state index contributed by atoms with van der Waals surface area (Å²) in [6.45, 7) is 3.90. The fraction of sp³-hybridized carbons (Fsp3) is 0.882. The lowest BCUT2D eigenvalue weighted by Gasteiger charge is -2.33. The number of carboxylic acids is 1. The molecule has 2 aliphatic rings. The molecule has 0 unspecified atom stereocenters. The third-order valence-electron chi connectivity index (χ3n) is 4.97. The molecule has 1 aliphatic heterocycles. The number of aliphatic carboxylic acids is 1. The van der Waals surface area contributed by atoms with Crippen molar-refractivity contribution in [2.75, 3.05) is 19.7 Å². The Morgan fingerprint density at radius 3 is 2.77 bits per heavy atom. The molecule has 1 amide bonds. The zero-order valence-electron chi connectivity index (χ0n) is 13.6. The quantitative estimate of drug-likeness (QED) is 0.819. The summed E-state index contributed by atoms with van der Waals surface area (Å²) in [4.78, 5) is 24.8. The van der Waals surface area contributed by atoms with Gasteiger partial charge in [-0.3, -0.25) is 9.59 Å². The average Bonchev–Trinajstić information content (AvgIpc) is 2.51. The number of nitrogens with zero attached hydrogens (tertiary/aromatic N) is 1. The lowest BCUT2D eigenvalue weighted by molar-refractivity contribution is -0.141. The maximum atomic E-state index is 12.3. The van der Waals surface area contributed by atoms with E-state index in [0.717, 1.165) is 32.2 Å². The molecular weight excluding hydrogens is 282 g/mol. The Hall–Kier alpha value is -1.10. The summed E-state index contributed by atoms with van der Waals surface area (Å²) in [5.74, 6) is 0.337. The van der Waals surface area contributed by atoms with Crippen LogP contribution < -0.4 is 0 Å². The first-order valence-corrected chi connectivity index (χ1v) is 8.65. The highest BCUT2D eigenvalue weighted by molar-refractivity contribution is 5.77. The molecule has 0 radical (unpaired) electrons. The van der Waals surface area contributed by atoms with Gasteiger partial charge in [-0.05, 0) is 43.9 Å². The second kappa shape index (κ2) is 8.51. The normalized spacial score (nSPS) is 29.3. The standard InChI is InChI=1S/C17H29NO4/c1-13-4-2-6-15(10-13)22-12-16(19)18-9-3-5-14(11-18)7-8-17(20)21/h13-15H,2-12H2,1H3,(H,20,21)/t13-,14-,15+/m1/s1. The molecule has 0 aromatic heterocycles. The summed E-state index contributed by atoms with van der Waals surface area (Å²) in [6, 6.07) is 0. The van der Waals surface area contributed by atoms with Crippen LogP contribution in [0, 0.1) is 11.8 Å². The minimum absolute atomic E-state index is 0.0678. The van der Waals surface area contributed by atoms with E-state index in [1.54, 1.807) is 0 Å². The molecule has 1 heterocycles. The molecule has 0 spiro atoms. The van der Waals surface area contributed by atoms with Crippen molar-refractivity contribution in [3.05, 3.63) is 0 Å². The fourth-order valence-corrected chi connectivity index (χ4v) is 3.67. The maximum absolute atomic E-state index is 12.3. The smallest absolute Gasteiger partial charge is 0.303 e. The molecule has 0 aromatic rings. The van der Waals surface area contributed by atoms with E-state index in [9.17, 15) is 9.59 Å². The Morgan fingerprint density at radius 2 is 2.05 bits per heavy atom.